The molecule has 0 unspecified atom stereocenters. The van der Waals surface area contributed by atoms with Crippen LogP contribution >= 0.6 is 0 Å². The second-order valence-electron chi connectivity index (χ2n) is 7.58. The number of carbonyl (C=O) groups is 2. The number of esters is 1. The molecule has 3 aromatic carbocycles. The molecule has 5 heteroatoms. The molecule has 0 aliphatic heterocycles. The molecule has 0 saturated heterocycles. The molecule has 0 fully saturated rings. The van der Waals surface area contributed by atoms with Crippen molar-refractivity contribution in [2.75, 3.05) is 12.4 Å². The molecule has 0 heterocycles. The van der Waals surface area contributed by atoms with Crippen molar-refractivity contribution >= 4 is 17.6 Å². The molecule has 1 N–H and O–H groups in total. The van der Waals surface area contributed by atoms with Crippen LogP contribution in [0.15, 0.2) is 66.7 Å². The van der Waals surface area contributed by atoms with Gasteiger partial charge in [0, 0.05) is 16.8 Å². The van der Waals surface area contributed by atoms with E-state index in [-0.39, 0.29) is 6.42 Å². The van der Waals surface area contributed by atoms with E-state index in [0.29, 0.717) is 22.6 Å². The molecule has 0 bridgehead atoms. The molecular weight excluding hydrogens is 390 g/mol. The van der Waals surface area contributed by atoms with E-state index in [1.165, 1.54) is 0 Å². The second kappa shape index (κ2) is 9.94. The summed E-state index contributed by atoms with van der Waals surface area (Å²) in [6.45, 7) is 5.82. The summed E-state index contributed by atoms with van der Waals surface area (Å²) < 4.78 is 11.0. The normalized spacial score (nSPS) is 11.5. The van der Waals surface area contributed by atoms with Crippen LogP contribution in [0.5, 0.6) is 5.75 Å². The highest BCUT2D eigenvalue weighted by atomic mass is 16.5. The summed E-state index contributed by atoms with van der Waals surface area (Å²) in [7, 11) is 1.56. The summed E-state index contributed by atoms with van der Waals surface area (Å²) in [4.78, 5) is 25.9. The molecule has 3 aromatic rings. The van der Waals surface area contributed by atoms with Crippen LogP contribution in [-0.2, 0) is 20.7 Å². The highest BCUT2D eigenvalue weighted by Gasteiger charge is 2.26. The summed E-state index contributed by atoms with van der Waals surface area (Å²) in [5.41, 5.74) is 4.99. The van der Waals surface area contributed by atoms with Crippen LogP contribution in [-0.4, -0.2) is 19.0 Å². The molecular formula is C26H27NO4. The van der Waals surface area contributed by atoms with Crippen LogP contribution in [0, 0.1) is 20.8 Å². The average molecular weight is 418 g/mol. The molecule has 0 saturated carbocycles. The third-order valence-corrected chi connectivity index (χ3v) is 5.01. The summed E-state index contributed by atoms with van der Waals surface area (Å²) in [5, 5.41) is 2.91. The minimum Gasteiger partial charge on any atom is -0.496 e. The molecule has 0 spiro atoms. The third kappa shape index (κ3) is 5.72. The van der Waals surface area contributed by atoms with Crippen LogP contribution in [0.3, 0.4) is 0 Å². The molecule has 3 rings (SSSR count). The molecule has 1 amide bonds. The fourth-order valence-corrected chi connectivity index (χ4v) is 3.34. The molecule has 31 heavy (non-hydrogen) atoms. The zero-order chi connectivity index (χ0) is 22.4. The Bertz CT molecular complexity index is 1080. The first-order valence-corrected chi connectivity index (χ1v) is 10.1. The highest BCUT2D eigenvalue weighted by molar-refractivity contribution is 5.96. The summed E-state index contributed by atoms with van der Waals surface area (Å²) in [6.07, 6.45) is -1.06. The molecule has 0 radical (unpaired) electrons. The topological polar surface area (TPSA) is 64.6 Å². The molecule has 0 aliphatic carbocycles. The number of methoxy groups -OCH3 is 1. The Hall–Kier alpha value is -3.60. The Labute approximate surface area is 183 Å². The quantitative estimate of drug-likeness (QED) is 0.544. The molecule has 0 aromatic heterocycles. The summed E-state index contributed by atoms with van der Waals surface area (Å²) in [6, 6.07) is 20.5. The minimum absolute atomic E-state index is 0.00490. The van der Waals surface area contributed by atoms with Crippen molar-refractivity contribution in [1.29, 1.82) is 0 Å². The van der Waals surface area contributed by atoms with Gasteiger partial charge in [0.1, 0.15) is 5.75 Å². The summed E-state index contributed by atoms with van der Waals surface area (Å²) in [5.74, 6) is -0.294. The predicted octanol–water partition coefficient (Wildman–Crippen LogP) is 5.09. The zero-order valence-electron chi connectivity index (χ0n) is 18.3. The van der Waals surface area contributed by atoms with E-state index in [9.17, 15) is 9.59 Å². The van der Waals surface area contributed by atoms with Gasteiger partial charge in [0.05, 0.1) is 13.5 Å². The van der Waals surface area contributed by atoms with Gasteiger partial charge in [0.25, 0.3) is 5.91 Å². The van der Waals surface area contributed by atoms with Gasteiger partial charge in [-0.3, -0.25) is 9.59 Å². The number of anilines is 1. The number of ether oxygens (including phenoxy) is 2. The van der Waals surface area contributed by atoms with Crippen LogP contribution in [0.25, 0.3) is 0 Å². The number of nitrogens with one attached hydrogen (secondary N) is 1. The Morgan fingerprint density at radius 2 is 1.58 bits per heavy atom. The van der Waals surface area contributed by atoms with Gasteiger partial charge in [0.2, 0.25) is 6.10 Å². The first-order valence-electron chi connectivity index (χ1n) is 10.1. The second-order valence-corrected chi connectivity index (χ2v) is 7.58. The largest absolute Gasteiger partial charge is 0.496 e. The van der Waals surface area contributed by atoms with Gasteiger partial charge in [0.15, 0.2) is 0 Å². The van der Waals surface area contributed by atoms with Crippen molar-refractivity contribution in [2.24, 2.45) is 0 Å². The lowest BCUT2D eigenvalue weighted by Crippen LogP contribution is -2.27. The number of hydrogen-bond acceptors (Lipinski definition) is 4. The number of benzene rings is 3. The number of aryl methyl sites for hydroxylation is 3. The SMILES string of the molecule is COc1ccc(C)cc1CC(=O)O[C@@H](C(=O)Nc1cc(C)ccc1C)c1ccccc1. The molecule has 5 nitrogen and oxygen atoms in total. The van der Waals surface area contributed by atoms with Crippen molar-refractivity contribution in [1.82, 2.24) is 0 Å². The fourth-order valence-electron chi connectivity index (χ4n) is 3.34. The minimum atomic E-state index is -1.07. The van der Waals surface area contributed by atoms with Gasteiger partial charge in [-0.1, -0.05) is 60.2 Å². The maximum Gasteiger partial charge on any atom is 0.311 e. The van der Waals surface area contributed by atoms with Crippen LogP contribution in [0.2, 0.25) is 0 Å². The zero-order valence-corrected chi connectivity index (χ0v) is 18.3. The van der Waals surface area contributed by atoms with Crippen LogP contribution in [0.4, 0.5) is 5.69 Å². The van der Waals surface area contributed by atoms with Crippen LogP contribution in [0.1, 0.15) is 33.9 Å². The van der Waals surface area contributed by atoms with Crippen molar-refractivity contribution in [3.05, 3.63) is 94.5 Å². The monoisotopic (exact) mass is 417 g/mol. The Morgan fingerprint density at radius 3 is 2.29 bits per heavy atom. The Kier molecular flexibility index (Phi) is 7.08. The predicted molar refractivity (Wildman–Crippen MR) is 121 cm³/mol. The molecule has 1 atom stereocenters. The smallest absolute Gasteiger partial charge is 0.311 e. The standard InChI is InChI=1S/C26H27NO4/c1-17-11-13-23(30-4)21(14-17)16-24(28)31-25(20-8-6-5-7-9-20)26(29)27-22-15-18(2)10-12-19(22)3/h5-15,25H,16H2,1-4H3,(H,27,29)/t25-/m1/s1. The maximum atomic E-state index is 13.1. The lowest BCUT2D eigenvalue weighted by Gasteiger charge is -2.19. The van der Waals surface area contributed by atoms with E-state index in [2.05, 4.69) is 5.32 Å². The van der Waals surface area contributed by atoms with Gasteiger partial charge in [-0.05, 0) is 44.0 Å². The van der Waals surface area contributed by atoms with Crippen molar-refractivity contribution < 1.29 is 19.1 Å². The average Bonchev–Trinajstić information content (AvgIpc) is 2.75. The fraction of sp³-hybridized carbons (Fsp3) is 0.231. The van der Waals surface area contributed by atoms with E-state index in [1.54, 1.807) is 19.2 Å². The van der Waals surface area contributed by atoms with Gasteiger partial charge in [-0.2, -0.15) is 0 Å². The van der Waals surface area contributed by atoms with Crippen LogP contribution < -0.4 is 10.1 Å². The third-order valence-electron chi connectivity index (χ3n) is 5.01. The first kappa shape index (κ1) is 22.1. The van der Waals surface area contributed by atoms with Crippen molar-refractivity contribution in [2.45, 2.75) is 33.3 Å². The first-order chi connectivity index (χ1) is 14.9. The van der Waals surface area contributed by atoms with Crippen molar-refractivity contribution in [3.63, 3.8) is 0 Å². The Morgan fingerprint density at radius 1 is 0.903 bits per heavy atom. The molecule has 0 aliphatic rings. The van der Waals surface area contributed by atoms with Gasteiger partial charge in [-0.15, -0.1) is 0 Å². The van der Waals surface area contributed by atoms with E-state index >= 15 is 0 Å². The van der Waals surface area contributed by atoms with Gasteiger partial charge < -0.3 is 14.8 Å². The van der Waals surface area contributed by atoms with Gasteiger partial charge >= 0.3 is 5.97 Å². The molecule has 160 valence electrons. The van der Waals surface area contributed by atoms with E-state index in [0.717, 1.165) is 16.7 Å². The van der Waals surface area contributed by atoms with E-state index in [4.69, 9.17) is 9.47 Å². The Balaban J connectivity index is 1.83. The highest BCUT2D eigenvalue weighted by Crippen LogP contribution is 2.25. The van der Waals surface area contributed by atoms with E-state index in [1.807, 2.05) is 75.4 Å². The van der Waals surface area contributed by atoms with Crippen molar-refractivity contribution in [3.8, 4) is 5.75 Å². The maximum absolute atomic E-state index is 13.1. The number of rotatable bonds is 7. The lowest BCUT2D eigenvalue weighted by molar-refractivity contribution is -0.154. The van der Waals surface area contributed by atoms with Gasteiger partial charge in [-0.25, -0.2) is 0 Å². The lowest BCUT2D eigenvalue weighted by atomic mass is 10.1. The van der Waals surface area contributed by atoms with E-state index < -0.39 is 18.0 Å². The number of carbonyl (C=O) groups excluding carboxylic acids is 2. The summed E-state index contributed by atoms with van der Waals surface area (Å²) >= 11 is 0. The number of amides is 1. The number of hydrogen-bond donors (Lipinski definition) is 1.